The van der Waals surface area contributed by atoms with E-state index in [-0.39, 0.29) is 5.41 Å². The van der Waals surface area contributed by atoms with Crippen LogP contribution in [0.15, 0.2) is 24.3 Å². The summed E-state index contributed by atoms with van der Waals surface area (Å²) in [5, 5.41) is 3.53. The maximum Gasteiger partial charge on any atom is 0.0604 e. The highest BCUT2D eigenvalue weighted by Gasteiger charge is 2.26. The van der Waals surface area contributed by atoms with Crippen LogP contribution in [0.2, 0.25) is 0 Å². The van der Waals surface area contributed by atoms with Crippen LogP contribution in [0, 0.1) is 11.3 Å². The van der Waals surface area contributed by atoms with Gasteiger partial charge < -0.3 is 10.1 Å². The quantitative estimate of drug-likeness (QED) is 0.622. The number of rotatable bonds is 9. The van der Waals surface area contributed by atoms with E-state index in [1.807, 2.05) is 0 Å². The molecule has 0 saturated heterocycles. The molecule has 2 heteroatoms. The Morgan fingerprint density at radius 1 is 1.24 bits per heavy atom. The number of nitrogens with one attached hydrogen (secondary N) is 1. The highest BCUT2D eigenvalue weighted by molar-refractivity contribution is 5.25. The van der Waals surface area contributed by atoms with E-state index in [0.29, 0.717) is 5.92 Å². The van der Waals surface area contributed by atoms with Crippen LogP contribution in [0.4, 0.5) is 0 Å². The summed E-state index contributed by atoms with van der Waals surface area (Å²) in [5.74, 6) is 0.697. The van der Waals surface area contributed by atoms with Gasteiger partial charge in [-0.1, -0.05) is 51.5 Å². The zero-order chi connectivity index (χ0) is 12.6. The van der Waals surface area contributed by atoms with Gasteiger partial charge in [-0.15, -0.1) is 0 Å². The molecule has 1 aliphatic rings. The van der Waals surface area contributed by atoms with Crippen molar-refractivity contribution in [3.63, 3.8) is 0 Å². The van der Waals surface area contributed by atoms with Gasteiger partial charge in [-0.25, -0.2) is 0 Å². The van der Waals surface area contributed by atoms with Crippen LogP contribution >= 0.6 is 0 Å². The van der Waals surface area contributed by atoms with Gasteiger partial charge >= 0.3 is 0 Å². The highest BCUT2D eigenvalue weighted by atomic mass is 16.5. The van der Waals surface area contributed by atoms with E-state index >= 15 is 0 Å². The van der Waals surface area contributed by atoms with E-state index in [4.69, 9.17) is 4.74 Å². The first-order valence-electron chi connectivity index (χ1n) is 6.84. The van der Waals surface area contributed by atoms with Crippen molar-refractivity contribution >= 4 is 0 Å². The second kappa shape index (κ2) is 7.67. The molecule has 0 aliphatic heterocycles. The van der Waals surface area contributed by atoms with E-state index in [1.54, 1.807) is 0 Å². The van der Waals surface area contributed by atoms with Gasteiger partial charge in [0.05, 0.1) is 6.61 Å². The summed E-state index contributed by atoms with van der Waals surface area (Å²) >= 11 is 0. The van der Waals surface area contributed by atoms with Crippen molar-refractivity contribution in [2.24, 2.45) is 11.3 Å². The third-order valence-electron chi connectivity index (χ3n) is 2.99. The molecule has 1 aliphatic carbocycles. The van der Waals surface area contributed by atoms with Crippen molar-refractivity contribution < 1.29 is 4.74 Å². The van der Waals surface area contributed by atoms with Crippen LogP contribution in [0.5, 0.6) is 0 Å². The maximum absolute atomic E-state index is 5.78. The Morgan fingerprint density at radius 3 is 2.53 bits per heavy atom. The Labute approximate surface area is 106 Å². The highest BCUT2D eigenvalue weighted by Crippen LogP contribution is 2.25. The van der Waals surface area contributed by atoms with Crippen molar-refractivity contribution in [3.05, 3.63) is 24.3 Å². The SMILES string of the molecule is CCCCOCC1(CNCC(C)C)C=CC=C1. The zero-order valence-corrected chi connectivity index (χ0v) is 11.5. The third kappa shape index (κ3) is 5.51. The van der Waals surface area contributed by atoms with Crippen molar-refractivity contribution in [3.8, 4) is 0 Å². The van der Waals surface area contributed by atoms with E-state index in [2.05, 4.69) is 50.4 Å². The molecule has 2 nitrogen and oxygen atoms in total. The summed E-state index contributed by atoms with van der Waals surface area (Å²) in [6.07, 6.45) is 11.1. The summed E-state index contributed by atoms with van der Waals surface area (Å²) in [7, 11) is 0. The van der Waals surface area contributed by atoms with Gasteiger partial charge in [-0.2, -0.15) is 0 Å². The number of ether oxygens (including phenoxy) is 1. The lowest BCUT2D eigenvalue weighted by atomic mass is 9.91. The van der Waals surface area contributed by atoms with Crippen molar-refractivity contribution in [2.45, 2.75) is 33.6 Å². The Kier molecular flexibility index (Phi) is 6.53. The van der Waals surface area contributed by atoms with Gasteiger partial charge in [0, 0.05) is 18.6 Å². The molecule has 0 saturated carbocycles. The zero-order valence-electron chi connectivity index (χ0n) is 11.5. The number of allylic oxidation sites excluding steroid dienone is 2. The molecule has 0 radical (unpaired) electrons. The molecule has 0 unspecified atom stereocenters. The lowest BCUT2D eigenvalue weighted by Gasteiger charge is -2.26. The predicted molar refractivity (Wildman–Crippen MR) is 74.1 cm³/mol. The van der Waals surface area contributed by atoms with Crippen LogP contribution in [0.3, 0.4) is 0 Å². The summed E-state index contributed by atoms with van der Waals surface area (Å²) in [5.41, 5.74) is 0.0859. The first-order valence-corrected chi connectivity index (χ1v) is 6.84. The number of hydrogen-bond acceptors (Lipinski definition) is 2. The van der Waals surface area contributed by atoms with Crippen molar-refractivity contribution in [1.29, 1.82) is 0 Å². The van der Waals surface area contributed by atoms with E-state index in [1.165, 1.54) is 6.42 Å². The third-order valence-corrected chi connectivity index (χ3v) is 2.99. The predicted octanol–water partition coefficient (Wildman–Crippen LogP) is 3.16. The van der Waals surface area contributed by atoms with Crippen molar-refractivity contribution in [1.82, 2.24) is 5.32 Å². The second-order valence-electron chi connectivity index (χ2n) is 5.38. The van der Waals surface area contributed by atoms with Gasteiger partial charge in [0.25, 0.3) is 0 Å². The Morgan fingerprint density at radius 2 is 1.94 bits per heavy atom. The fraction of sp³-hybridized carbons (Fsp3) is 0.733. The second-order valence-corrected chi connectivity index (χ2v) is 5.38. The molecule has 98 valence electrons. The first kappa shape index (κ1) is 14.5. The number of hydrogen-bond donors (Lipinski definition) is 1. The topological polar surface area (TPSA) is 21.3 Å². The van der Waals surface area contributed by atoms with E-state index in [0.717, 1.165) is 32.7 Å². The Hall–Kier alpha value is -0.600. The van der Waals surface area contributed by atoms with E-state index < -0.39 is 0 Å². The van der Waals surface area contributed by atoms with Gasteiger partial charge in [0.15, 0.2) is 0 Å². The largest absolute Gasteiger partial charge is 0.380 e. The Balaban J connectivity index is 2.30. The van der Waals surface area contributed by atoms with Gasteiger partial charge in [0.2, 0.25) is 0 Å². The monoisotopic (exact) mass is 237 g/mol. The van der Waals surface area contributed by atoms with Gasteiger partial charge in [-0.3, -0.25) is 0 Å². The summed E-state index contributed by atoms with van der Waals surface area (Å²) in [6.45, 7) is 10.4. The molecule has 0 bridgehead atoms. The molecule has 0 aromatic rings. The van der Waals surface area contributed by atoms with E-state index in [9.17, 15) is 0 Å². The van der Waals surface area contributed by atoms with Crippen LogP contribution < -0.4 is 5.32 Å². The molecular formula is C15H27NO. The average molecular weight is 237 g/mol. The van der Waals surface area contributed by atoms with Gasteiger partial charge in [0.1, 0.15) is 0 Å². The van der Waals surface area contributed by atoms with Crippen LogP contribution in [-0.4, -0.2) is 26.3 Å². The molecular weight excluding hydrogens is 210 g/mol. The van der Waals surface area contributed by atoms with Gasteiger partial charge in [-0.05, 0) is 18.9 Å². The van der Waals surface area contributed by atoms with Crippen LogP contribution in [0.1, 0.15) is 33.6 Å². The Bertz CT molecular complexity index is 244. The average Bonchev–Trinajstić information content (AvgIpc) is 2.73. The lowest BCUT2D eigenvalue weighted by Crippen LogP contribution is -2.36. The summed E-state index contributed by atoms with van der Waals surface area (Å²) in [4.78, 5) is 0. The summed E-state index contributed by atoms with van der Waals surface area (Å²) in [6, 6.07) is 0. The molecule has 0 heterocycles. The molecule has 0 amide bonds. The maximum atomic E-state index is 5.78. The summed E-state index contributed by atoms with van der Waals surface area (Å²) < 4.78 is 5.78. The standard InChI is InChI=1S/C15H27NO/c1-4-5-10-17-13-15(8-6-7-9-15)12-16-11-14(2)3/h6-9,14,16H,4-5,10-13H2,1-3H3. The molecule has 17 heavy (non-hydrogen) atoms. The number of unbranched alkanes of at least 4 members (excludes halogenated alkanes) is 1. The molecule has 0 atom stereocenters. The minimum absolute atomic E-state index is 0.0859. The minimum Gasteiger partial charge on any atom is -0.380 e. The minimum atomic E-state index is 0.0859. The molecule has 1 rings (SSSR count). The fourth-order valence-corrected chi connectivity index (χ4v) is 1.92. The fourth-order valence-electron chi connectivity index (χ4n) is 1.92. The normalized spacial score (nSPS) is 17.2. The van der Waals surface area contributed by atoms with Crippen LogP contribution in [0.25, 0.3) is 0 Å². The smallest absolute Gasteiger partial charge is 0.0604 e. The first-order chi connectivity index (χ1) is 8.18. The molecule has 0 aromatic heterocycles. The van der Waals surface area contributed by atoms with Crippen LogP contribution in [-0.2, 0) is 4.74 Å². The molecule has 1 N–H and O–H groups in total. The molecule has 0 fully saturated rings. The molecule has 0 aromatic carbocycles. The molecule has 0 spiro atoms. The lowest BCUT2D eigenvalue weighted by molar-refractivity contribution is 0.0856. The van der Waals surface area contributed by atoms with Crippen molar-refractivity contribution in [2.75, 3.05) is 26.3 Å².